The highest BCUT2D eigenvalue weighted by molar-refractivity contribution is 6.19. The third-order valence-corrected chi connectivity index (χ3v) is 8.26. The van der Waals surface area contributed by atoms with Crippen molar-refractivity contribution in [2.75, 3.05) is 0 Å². The Morgan fingerprint density at radius 2 is 1.29 bits per heavy atom. The Labute approximate surface area is 207 Å². The van der Waals surface area contributed by atoms with Gasteiger partial charge < -0.3 is 9.13 Å². The molecule has 0 aliphatic heterocycles. The first kappa shape index (κ1) is 22.0. The van der Waals surface area contributed by atoms with Crippen molar-refractivity contribution in [3.8, 4) is 11.1 Å². The molecule has 0 atom stereocenters. The van der Waals surface area contributed by atoms with E-state index >= 15 is 0 Å². The van der Waals surface area contributed by atoms with E-state index < -0.39 is 0 Å². The highest BCUT2D eigenvalue weighted by atomic mass is 15.0. The molecule has 4 aromatic carbocycles. The van der Waals surface area contributed by atoms with Crippen LogP contribution in [0.1, 0.15) is 50.2 Å². The summed E-state index contributed by atoms with van der Waals surface area (Å²) in [4.78, 5) is 0. The number of hydrogen-bond donors (Lipinski definition) is 0. The number of aryl methyl sites for hydroxylation is 3. The number of aromatic nitrogens is 2. The van der Waals surface area contributed by atoms with Crippen molar-refractivity contribution in [1.29, 1.82) is 0 Å². The van der Waals surface area contributed by atoms with E-state index in [2.05, 4.69) is 103 Å². The van der Waals surface area contributed by atoms with Gasteiger partial charge in [0.25, 0.3) is 0 Å². The number of hydrogen-bond acceptors (Lipinski definition) is 0. The second-order valence-corrected chi connectivity index (χ2v) is 9.87. The van der Waals surface area contributed by atoms with E-state index in [0.717, 1.165) is 5.92 Å². The smallest absolute Gasteiger partial charge is 0.0496 e. The summed E-state index contributed by atoms with van der Waals surface area (Å²) < 4.78 is 4.72. The van der Waals surface area contributed by atoms with Crippen LogP contribution in [-0.2, 0) is 14.1 Å². The first-order valence-corrected chi connectivity index (χ1v) is 13.1. The Morgan fingerprint density at radius 3 is 2.06 bits per heavy atom. The molecule has 0 saturated heterocycles. The topological polar surface area (TPSA) is 9.86 Å². The number of rotatable bonds is 2. The monoisotopic (exact) mass is 458 g/mol. The Balaban J connectivity index is 0.00000112. The van der Waals surface area contributed by atoms with Crippen LogP contribution in [0.15, 0.2) is 72.8 Å². The van der Waals surface area contributed by atoms with Gasteiger partial charge in [-0.1, -0.05) is 68.8 Å². The first-order chi connectivity index (χ1) is 17.1. The predicted molar refractivity (Wildman–Crippen MR) is 153 cm³/mol. The lowest BCUT2D eigenvalue weighted by atomic mass is 9.76. The average Bonchev–Trinajstić information content (AvgIpc) is 3.31. The second-order valence-electron chi connectivity index (χ2n) is 9.87. The molecule has 2 aromatic heterocycles. The van der Waals surface area contributed by atoms with Gasteiger partial charge in [-0.05, 0) is 72.2 Å². The van der Waals surface area contributed by atoms with Crippen LogP contribution in [0.3, 0.4) is 0 Å². The minimum atomic E-state index is 0.722. The maximum atomic E-state index is 2.42. The average molecular weight is 459 g/mol. The van der Waals surface area contributed by atoms with Gasteiger partial charge in [0.15, 0.2) is 0 Å². The minimum Gasteiger partial charge on any atom is -0.344 e. The Hall–Kier alpha value is -3.52. The molecule has 7 rings (SSSR count). The summed E-state index contributed by atoms with van der Waals surface area (Å²) >= 11 is 0. The van der Waals surface area contributed by atoms with Crippen molar-refractivity contribution in [3.05, 3.63) is 83.9 Å². The Morgan fingerprint density at radius 1 is 0.629 bits per heavy atom. The van der Waals surface area contributed by atoms with Crippen LogP contribution < -0.4 is 0 Å². The SMILES string of the molecule is CC.Cc1c(-c2ccccc2C2CCC2)ccc2c1c1cc3c(cc1n2C)c1ccccc1n3C. The van der Waals surface area contributed by atoms with Crippen molar-refractivity contribution in [2.45, 2.75) is 46.0 Å². The van der Waals surface area contributed by atoms with Gasteiger partial charge in [0.05, 0.1) is 0 Å². The summed E-state index contributed by atoms with van der Waals surface area (Å²) in [7, 11) is 4.40. The van der Waals surface area contributed by atoms with Crippen LogP contribution in [0, 0.1) is 6.92 Å². The van der Waals surface area contributed by atoms with E-state index in [1.54, 1.807) is 0 Å². The van der Waals surface area contributed by atoms with E-state index in [-0.39, 0.29) is 0 Å². The van der Waals surface area contributed by atoms with Crippen LogP contribution in [0.2, 0.25) is 0 Å². The maximum Gasteiger partial charge on any atom is 0.0496 e. The van der Waals surface area contributed by atoms with Gasteiger partial charge in [-0.3, -0.25) is 0 Å². The summed E-state index contributed by atoms with van der Waals surface area (Å²) in [6.45, 7) is 6.32. The fraction of sp³-hybridized carbons (Fsp3) is 0.273. The molecule has 2 nitrogen and oxygen atoms in total. The van der Waals surface area contributed by atoms with Gasteiger partial charge in [-0.2, -0.15) is 0 Å². The van der Waals surface area contributed by atoms with Crippen molar-refractivity contribution < 1.29 is 0 Å². The molecule has 2 heterocycles. The summed E-state index contributed by atoms with van der Waals surface area (Å²) in [6, 6.07) is 27.3. The fourth-order valence-corrected chi connectivity index (χ4v) is 6.23. The lowest BCUT2D eigenvalue weighted by Gasteiger charge is -2.28. The largest absolute Gasteiger partial charge is 0.344 e. The lowest BCUT2D eigenvalue weighted by molar-refractivity contribution is 0.420. The molecule has 0 spiro atoms. The molecule has 6 aromatic rings. The molecule has 176 valence electrons. The maximum absolute atomic E-state index is 2.42. The second kappa shape index (κ2) is 8.30. The molecular weight excluding hydrogens is 424 g/mol. The fourth-order valence-electron chi connectivity index (χ4n) is 6.23. The molecule has 0 radical (unpaired) electrons. The third kappa shape index (κ3) is 3.09. The molecule has 1 fully saturated rings. The molecule has 1 aliphatic carbocycles. The highest BCUT2D eigenvalue weighted by Gasteiger charge is 2.24. The zero-order valence-corrected chi connectivity index (χ0v) is 21.5. The Bertz CT molecular complexity index is 1720. The normalized spacial score (nSPS) is 14.0. The van der Waals surface area contributed by atoms with Crippen molar-refractivity contribution in [1.82, 2.24) is 9.13 Å². The van der Waals surface area contributed by atoms with Crippen LogP contribution in [0.5, 0.6) is 0 Å². The van der Waals surface area contributed by atoms with Crippen molar-refractivity contribution in [3.63, 3.8) is 0 Å². The zero-order chi connectivity index (χ0) is 24.3. The lowest BCUT2D eigenvalue weighted by Crippen LogP contribution is -2.10. The van der Waals surface area contributed by atoms with Gasteiger partial charge in [-0.15, -0.1) is 0 Å². The summed E-state index contributed by atoms with van der Waals surface area (Å²) in [6.07, 6.45) is 4.01. The van der Waals surface area contributed by atoms with E-state index in [0.29, 0.717) is 0 Å². The predicted octanol–water partition coefficient (Wildman–Crippen LogP) is 9.25. The molecule has 0 bridgehead atoms. The van der Waals surface area contributed by atoms with Gasteiger partial charge >= 0.3 is 0 Å². The molecule has 0 N–H and O–H groups in total. The molecule has 2 heteroatoms. The van der Waals surface area contributed by atoms with Crippen molar-refractivity contribution >= 4 is 43.6 Å². The highest BCUT2D eigenvalue weighted by Crippen LogP contribution is 2.44. The first-order valence-electron chi connectivity index (χ1n) is 13.1. The molecule has 1 saturated carbocycles. The van der Waals surface area contributed by atoms with E-state index in [1.165, 1.54) is 85.1 Å². The van der Waals surface area contributed by atoms with Gasteiger partial charge in [-0.25, -0.2) is 0 Å². The van der Waals surface area contributed by atoms with Gasteiger partial charge in [0.1, 0.15) is 0 Å². The van der Waals surface area contributed by atoms with Crippen LogP contribution in [0.4, 0.5) is 0 Å². The number of nitrogens with zero attached hydrogens (tertiary/aromatic N) is 2. The Kier molecular flexibility index (Phi) is 5.21. The quantitative estimate of drug-likeness (QED) is 0.245. The van der Waals surface area contributed by atoms with E-state index in [9.17, 15) is 0 Å². The third-order valence-electron chi connectivity index (χ3n) is 8.26. The van der Waals surface area contributed by atoms with Gasteiger partial charge in [0.2, 0.25) is 0 Å². The van der Waals surface area contributed by atoms with E-state index in [4.69, 9.17) is 0 Å². The standard InChI is InChI=1S/C31H28N2.C2H6/c1-19-21(23-12-5-4-11-22(23)20-9-8-10-20)15-16-28-31(19)26-18-29-25(17-30(26)33(28)3)24-13-6-7-14-27(24)32(29)2;1-2/h4-7,11-18,20H,8-10H2,1-3H3;1-2H3. The van der Waals surface area contributed by atoms with Crippen molar-refractivity contribution in [2.24, 2.45) is 14.1 Å². The van der Waals surface area contributed by atoms with Crippen LogP contribution in [-0.4, -0.2) is 9.13 Å². The van der Waals surface area contributed by atoms with E-state index in [1.807, 2.05) is 13.8 Å². The molecule has 0 amide bonds. The number of para-hydroxylation sites is 1. The van der Waals surface area contributed by atoms with Gasteiger partial charge in [0, 0.05) is 57.7 Å². The van der Waals surface area contributed by atoms with Crippen LogP contribution in [0.25, 0.3) is 54.7 Å². The summed E-state index contributed by atoms with van der Waals surface area (Å²) in [5.41, 5.74) is 10.9. The number of benzene rings is 4. The summed E-state index contributed by atoms with van der Waals surface area (Å²) in [5, 5.41) is 5.40. The molecule has 1 aliphatic rings. The summed E-state index contributed by atoms with van der Waals surface area (Å²) in [5.74, 6) is 0.722. The zero-order valence-electron chi connectivity index (χ0n) is 21.5. The number of fused-ring (bicyclic) bond motifs is 6. The molecule has 35 heavy (non-hydrogen) atoms. The molecular formula is C33H34N2. The van der Waals surface area contributed by atoms with Crippen LogP contribution >= 0.6 is 0 Å². The molecule has 0 unspecified atom stereocenters. The minimum absolute atomic E-state index is 0.722.